The van der Waals surface area contributed by atoms with Crippen molar-refractivity contribution in [1.82, 2.24) is 0 Å². The number of rotatable bonds is 0. The van der Waals surface area contributed by atoms with Gasteiger partial charge in [0.1, 0.15) is 0 Å². The number of carbonyl (C=O) groups excluding carboxylic acids is 1. The van der Waals surface area contributed by atoms with E-state index in [0.717, 1.165) is 0 Å². The molecule has 0 unspecified atom stereocenters. The normalized spacial score (nSPS) is 14.8. The Balaban J connectivity index is 0.000000810. The Labute approximate surface area is 70.3 Å². The van der Waals surface area contributed by atoms with Crippen LogP contribution in [0.15, 0.2) is 29.5 Å². The van der Waals surface area contributed by atoms with Crippen LogP contribution < -0.4 is 18.9 Å². The van der Waals surface area contributed by atoms with Crippen LogP contribution in [-0.2, 0) is 4.79 Å². The van der Waals surface area contributed by atoms with Crippen LogP contribution >= 0.6 is 0 Å². The minimum absolute atomic E-state index is 0. The summed E-state index contributed by atoms with van der Waals surface area (Å²) in [5.41, 5.74) is 0.287. The van der Waals surface area contributed by atoms with Crippen LogP contribution in [0.2, 0.25) is 0 Å². The van der Waals surface area contributed by atoms with Gasteiger partial charge in [-0.2, -0.15) is 0 Å². The Morgan fingerprint density at radius 1 is 1.20 bits per heavy atom. The number of carbonyl (C=O) groups is 1. The quantitative estimate of drug-likeness (QED) is 0.208. The van der Waals surface area contributed by atoms with Crippen molar-refractivity contribution in [3.8, 4) is 0 Å². The Hall–Kier alpha value is -0.783. The minimum atomic E-state index is -0.109. The molecule has 1 aliphatic carbocycles. The fourth-order valence-electron chi connectivity index (χ4n) is 0.507. The summed E-state index contributed by atoms with van der Waals surface area (Å²) in [5.74, 6) is -0.109. The van der Waals surface area contributed by atoms with Gasteiger partial charge >= 0.3 is 18.9 Å². The summed E-state index contributed by atoms with van der Waals surface area (Å²) in [6.07, 6.45) is 5.37. The summed E-state index contributed by atoms with van der Waals surface area (Å²) in [4.78, 5) is 10.4. The number of ketones is 1. The molecule has 3 nitrogen and oxygen atoms in total. The fraction of sp³-hybridized carbons (Fsp3) is 0. The maximum Gasteiger partial charge on any atom is 1.00 e. The van der Waals surface area contributed by atoms with Crippen LogP contribution in [0.1, 0.15) is 0 Å². The van der Waals surface area contributed by atoms with E-state index in [9.17, 15) is 10.0 Å². The van der Waals surface area contributed by atoms with Gasteiger partial charge in [0.2, 0.25) is 0 Å². The summed E-state index contributed by atoms with van der Waals surface area (Å²) in [5, 5.41) is 12.4. The van der Waals surface area contributed by atoms with Crippen molar-refractivity contribution in [2.24, 2.45) is 5.16 Å². The second-order valence-corrected chi connectivity index (χ2v) is 1.59. The van der Waals surface area contributed by atoms with E-state index >= 15 is 0 Å². The van der Waals surface area contributed by atoms with Crippen molar-refractivity contribution in [3.05, 3.63) is 29.5 Å². The molecular weight excluding hydrogens is 125 g/mol. The molecule has 0 saturated carbocycles. The second-order valence-electron chi connectivity index (χ2n) is 1.59. The third-order valence-corrected chi connectivity index (χ3v) is 0.942. The Morgan fingerprint density at radius 2 is 1.70 bits per heavy atom. The smallest absolute Gasteiger partial charge is 0.792 e. The number of hydrogen-bond acceptors (Lipinski definition) is 3. The fourth-order valence-corrected chi connectivity index (χ4v) is 0.507. The van der Waals surface area contributed by atoms with Crippen molar-refractivity contribution in [2.75, 3.05) is 0 Å². The SMILES string of the molecule is O=C1C=CC(=N[O-])C=C1.[Li+]. The van der Waals surface area contributed by atoms with Crippen molar-refractivity contribution >= 4 is 11.5 Å². The van der Waals surface area contributed by atoms with Crippen LogP contribution in [0, 0.1) is 5.21 Å². The molecule has 10 heavy (non-hydrogen) atoms. The molecule has 0 radical (unpaired) electrons. The van der Waals surface area contributed by atoms with E-state index in [-0.39, 0.29) is 30.4 Å². The van der Waals surface area contributed by atoms with E-state index in [1.165, 1.54) is 24.3 Å². The first-order valence-electron chi connectivity index (χ1n) is 2.43. The topological polar surface area (TPSA) is 52.5 Å². The standard InChI is InChI=1S/C6H5NO2.Li/c8-6-3-1-5(7-9)2-4-6;/h1-4,9H;/q;+1/p-1. The predicted octanol–water partition coefficient (Wildman–Crippen LogP) is -2.38. The zero-order valence-corrected chi connectivity index (χ0v) is 5.57. The summed E-state index contributed by atoms with van der Waals surface area (Å²) >= 11 is 0. The molecule has 0 bridgehead atoms. The molecule has 0 heterocycles. The molecule has 46 valence electrons. The van der Waals surface area contributed by atoms with Crippen LogP contribution in [0.3, 0.4) is 0 Å². The average Bonchev–Trinajstić information content (AvgIpc) is 1.90. The van der Waals surface area contributed by atoms with Gasteiger partial charge in [0, 0.05) is 0 Å². The van der Waals surface area contributed by atoms with Crippen molar-refractivity contribution in [2.45, 2.75) is 0 Å². The first-order chi connectivity index (χ1) is 4.33. The van der Waals surface area contributed by atoms with Gasteiger partial charge in [0.15, 0.2) is 5.78 Å². The van der Waals surface area contributed by atoms with Crippen LogP contribution in [0.5, 0.6) is 0 Å². The molecule has 0 spiro atoms. The average molecular weight is 129 g/mol. The zero-order chi connectivity index (χ0) is 6.69. The maximum absolute atomic E-state index is 10.4. The summed E-state index contributed by atoms with van der Waals surface area (Å²) in [7, 11) is 0. The van der Waals surface area contributed by atoms with E-state index < -0.39 is 0 Å². The Bertz CT molecular complexity index is 200. The number of allylic oxidation sites excluding steroid dienone is 4. The van der Waals surface area contributed by atoms with E-state index in [4.69, 9.17) is 0 Å². The third-order valence-electron chi connectivity index (χ3n) is 0.942. The first-order valence-corrected chi connectivity index (χ1v) is 2.43. The van der Waals surface area contributed by atoms with Gasteiger partial charge in [-0.1, -0.05) is 0 Å². The molecule has 0 saturated heterocycles. The molecule has 1 rings (SSSR count). The molecule has 4 heteroatoms. The van der Waals surface area contributed by atoms with Crippen LogP contribution in [0.25, 0.3) is 0 Å². The van der Waals surface area contributed by atoms with E-state index in [1.807, 2.05) is 0 Å². The molecule has 0 aromatic carbocycles. The minimum Gasteiger partial charge on any atom is -0.792 e. The Kier molecular flexibility index (Phi) is 3.78. The van der Waals surface area contributed by atoms with Gasteiger partial charge in [-0.05, 0) is 24.3 Å². The van der Waals surface area contributed by atoms with Crippen molar-refractivity contribution in [1.29, 1.82) is 0 Å². The number of hydrogen-bond donors (Lipinski definition) is 0. The summed E-state index contributed by atoms with van der Waals surface area (Å²) < 4.78 is 0. The maximum atomic E-state index is 10.4. The molecular formula is C6H4LiNO2. The van der Waals surface area contributed by atoms with Gasteiger partial charge in [-0.25, -0.2) is 0 Å². The molecule has 0 amide bonds. The Morgan fingerprint density at radius 3 is 2.10 bits per heavy atom. The van der Waals surface area contributed by atoms with E-state index in [1.54, 1.807) is 0 Å². The van der Waals surface area contributed by atoms with E-state index in [2.05, 4.69) is 5.16 Å². The predicted molar refractivity (Wildman–Crippen MR) is 34.1 cm³/mol. The first kappa shape index (κ1) is 9.22. The summed E-state index contributed by atoms with van der Waals surface area (Å²) in [6, 6.07) is 0. The molecule has 0 atom stereocenters. The van der Waals surface area contributed by atoms with Gasteiger partial charge in [0.05, 0.1) is 5.71 Å². The van der Waals surface area contributed by atoms with Crippen molar-refractivity contribution < 1.29 is 23.7 Å². The van der Waals surface area contributed by atoms with Crippen molar-refractivity contribution in [3.63, 3.8) is 0 Å². The van der Waals surface area contributed by atoms with Gasteiger partial charge in [0.25, 0.3) is 0 Å². The third kappa shape index (κ3) is 2.22. The molecule has 0 aromatic heterocycles. The molecule has 0 N–H and O–H groups in total. The summed E-state index contributed by atoms with van der Waals surface area (Å²) in [6.45, 7) is 0. The van der Waals surface area contributed by atoms with E-state index in [0.29, 0.717) is 0 Å². The van der Waals surface area contributed by atoms with Gasteiger partial charge < -0.3 is 10.4 Å². The van der Waals surface area contributed by atoms with Gasteiger partial charge in [-0.15, -0.1) is 0 Å². The number of nitrogens with zero attached hydrogens (tertiary/aromatic N) is 1. The van der Waals surface area contributed by atoms with Gasteiger partial charge in [-0.3, -0.25) is 4.79 Å². The molecule has 0 fully saturated rings. The second kappa shape index (κ2) is 4.10. The monoisotopic (exact) mass is 129 g/mol. The largest absolute Gasteiger partial charge is 1.00 e. The van der Waals surface area contributed by atoms with Crippen LogP contribution in [0.4, 0.5) is 0 Å². The van der Waals surface area contributed by atoms with Crippen LogP contribution in [-0.4, -0.2) is 11.5 Å². The molecule has 0 aliphatic heterocycles. The molecule has 0 aromatic rings. The molecule has 1 aliphatic rings. The zero-order valence-electron chi connectivity index (χ0n) is 5.57.